The van der Waals surface area contributed by atoms with E-state index >= 15 is 0 Å². The number of aryl methyl sites for hydroxylation is 2. The Labute approximate surface area is 211 Å². The van der Waals surface area contributed by atoms with Gasteiger partial charge in [-0.2, -0.15) is 5.10 Å². The van der Waals surface area contributed by atoms with E-state index in [0.29, 0.717) is 36.6 Å². The zero-order valence-electron chi connectivity index (χ0n) is 21.1. The molecule has 0 aliphatic carbocycles. The molecule has 0 saturated carbocycles. The van der Waals surface area contributed by atoms with Gasteiger partial charge in [0.15, 0.2) is 11.5 Å². The predicted octanol–water partition coefficient (Wildman–Crippen LogP) is 5.12. The molecule has 0 aliphatic rings. The van der Waals surface area contributed by atoms with Crippen LogP contribution in [0.15, 0.2) is 72.9 Å². The Morgan fingerprint density at radius 3 is 2.19 bits per heavy atom. The molecule has 186 valence electrons. The lowest BCUT2D eigenvalue weighted by Crippen LogP contribution is -2.23. The number of rotatable bonds is 10. The lowest BCUT2D eigenvalue weighted by Gasteiger charge is -2.14. The highest BCUT2D eigenvalue weighted by Gasteiger charge is 2.16. The highest BCUT2D eigenvalue weighted by Crippen LogP contribution is 2.38. The van der Waals surface area contributed by atoms with Crippen molar-refractivity contribution in [3.63, 3.8) is 0 Å². The summed E-state index contributed by atoms with van der Waals surface area (Å²) in [6.45, 7) is 2.41. The highest BCUT2D eigenvalue weighted by molar-refractivity contribution is 5.77. The van der Waals surface area contributed by atoms with Crippen LogP contribution < -0.4 is 19.5 Å². The van der Waals surface area contributed by atoms with Crippen molar-refractivity contribution in [3.8, 4) is 34.2 Å². The largest absolute Gasteiger partial charge is 0.493 e. The van der Waals surface area contributed by atoms with Crippen molar-refractivity contribution in [1.29, 1.82) is 0 Å². The third-order valence-corrected chi connectivity index (χ3v) is 5.97. The van der Waals surface area contributed by atoms with Crippen LogP contribution in [0.2, 0.25) is 0 Å². The molecule has 36 heavy (non-hydrogen) atoms. The fourth-order valence-corrected chi connectivity index (χ4v) is 4.03. The van der Waals surface area contributed by atoms with Crippen LogP contribution >= 0.6 is 0 Å². The predicted molar refractivity (Wildman–Crippen MR) is 140 cm³/mol. The van der Waals surface area contributed by atoms with Crippen molar-refractivity contribution in [3.05, 3.63) is 89.6 Å². The molecule has 1 N–H and O–H groups in total. The van der Waals surface area contributed by atoms with Gasteiger partial charge in [-0.15, -0.1) is 0 Å². The van der Waals surface area contributed by atoms with Crippen LogP contribution in [0.4, 0.5) is 0 Å². The van der Waals surface area contributed by atoms with E-state index in [0.717, 1.165) is 28.1 Å². The van der Waals surface area contributed by atoms with Crippen LogP contribution in [0.5, 0.6) is 17.2 Å². The van der Waals surface area contributed by atoms with Crippen LogP contribution in [-0.2, 0) is 17.8 Å². The Bertz CT molecular complexity index is 1290. The second kappa shape index (κ2) is 11.4. The molecule has 0 atom stereocenters. The van der Waals surface area contributed by atoms with Gasteiger partial charge in [-0.25, -0.2) is 4.68 Å². The fraction of sp³-hybridized carbons (Fsp3) is 0.241. The zero-order chi connectivity index (χ0) is 25.5. The summed E-state index contributed by atoms with van der Waals surface area (Å²) >= 11 is 0. The van der Waals surface area contributed by atoms with Crippen LogP contribution in [0.1, 0.15) is 23.1 Å². The molecule has 1 aromatic heterocycles. The van der Waals surface area contributed by atoms with Gasteiger partial charge in [0.2, 0.25) is 11.7 Å². The molecule has 7 nitrogen and oxygen atoms in total. The van der Waals surface area contributed by atoms with Gasteiger partial charge < -0.3 is 19.5 Å². The van der Waals surface area contributed by atoms with E-state index in [1.54, 1.807) is 21.3 Å². The SMILES string of the molecule is COc1cc(CNC(=O)CCc2cn(-c3ccccc3)nc2-c2ccc(C)cc2)cc(OC)c1OC. The molecule has 1 heterocycles. The maximum Gasteiger partial charge on any atom is 0.220 e. The molecule has 4 rings (SSSR count). The first-order valence-corrected chi connectivity index (χ1v) is 11.8. The van der Waals surface area contributed by atoms with Gasteiger partial charge in [-0.05, 0) is 48.7 Å². The molecule has 0 aliphatic heterocycles. The second-order valence-electron chi connectivity index (χ2n) is 8.46. The van der Waals surface area contributed by atoms with Crippen molar-refractivity contribution in [1.82, 2.24) is 15.1 Å². The summed E-state index contributed by atoms with van der Waals surface area (Å²) in [6.07, 6.45) is 2.91. The number of para-hydroxylation sites is 1. The summed E-state index contributed by atoms with van der Waals surface area (Å²) in [4.78, 5) is 12.8. The average molecular weight is 486 g/mol. The summed E-state index contributed by atoms with van der Waals surface area (Å²) < 4.78 is 18.1. The minimum atomic E-state index is -0.0499. The quantitative estimate of drug-likeness (QED) is 0.337. The molecular formula is C29H31N3O4. The maximum atomic E-state index is 12.8. The number of benzene rings is 3. The van der Waals surface area contributed by atoms with Gasteiger partial charge in [0.25, 0.3) is 0 Å². The van der Waals surface area contributed by atoms with E-state index in [9.17, 15) is 4.79 Å². The van der Waals surface area contributed by atoms with E-state index in [1.165, 1.54) is 5.56 Å². The highest BCUT2D eigenvalue weighted by atomic mass is 16.5. The van der Waals surface area contributed by atoms with Crippen LogP contribution in [0, 0.1) is 6.92 Å². The standard InChI is InChI=1S/C29H31N3O4/c1-20-10-12-22(13-11-20)28-23(19-32(31-28)24-8-6-5-7-9-24)14-15-27(33)30-18-21-16-25(34-2)29(36-4)26(17-21)35-3/h5-13,16-17,19H,14-15,18H2,1-4H3,(H,30,33). The van der Waals surface area contributed by atoms with Gasteiger partial charge in [-0.3, -0.25) is 4.79 Å². The first-order valence-electron chi connectivity index (χ1n) is 11.8. The molecular weight excluding hydrogens is 454 g/mol. The summed E-state index contributed by atoms with van der Waals surface area (Å²) in [5.41, 5.74) is 5.96. The van der Waals surface area contributed by atoms with E-state index in [1.807, 2.05) is 53.3 Å². The minimum absolute atomic E-state index is 0.0499. The van der Waals surface area contributed by atoms with Crippen molar-refractivity contribution < 1.29 is 19.0 Å². The molecule has 1 amide bonds. The number of ether oxygens (including phenoxy) is 3. The third kappa shape index (κ3) is 5.68. The van der Waals surface area contributed by atoms with Gasteiger partial charge in [-0.1, -0.05) is 48.0 Å². The third-order valence-electron chi connectivity index (χ3n) is 5.97. The number of carbonyl (C=O) groups is 1. The second-order valence-corrected chi connectivity index (χ2v) is 8.46. The lowest BCUT2D eigenvalue weighted by atomic mass is 10.0. The lowest BCUT2D eigenvalue weighted by molar-refractivity contribution is -0.121. The number of amides is 1. The number of hydrogen-bond donors (Lipinski definition) is 1. The van der Waals surface area contributed by atoms with Crippen molar-refractivity contribution >= 4 is 5.91 Å². The van der Waals surface area contributed by atoms with Crippen LogP contribution in [0.25, 0.3) is 16.9 Å². The topological polar surface area (TPSA) is 74.6 Å². The number of nitrogens with zero attached hydrogens (tertiary/aromatic N) is 2. The van der Waals surface area contributed by atoms with E-state index in [-0.39, 0.29) is 5.91 Å². The molecule has 0 bridgehead atoms. The number of nitrogens with one attached hydrogen (secondary N) is 1. The Morgan fingerprint density at radius 1 is 0.917 bits per heavy atom. The number of aromatic nitrogens is 2. The normalized spacial score (nSPS) is 10.7. The first-order chi connectivity index (χ1) is 17.5. The summed E-state index contributed by atoms with van der Waals surface area (Å²) in [6, 6.07) is 21.9. The molecule has 3 aromatic carbocycles. The Morgan fingerprint density at radius 2 is 1.58 bits per heavy atom. The Balaban J connectivity index is 1.48. The van der Waals surface area contributed by atoms with Gasteiger partial charge in [0.1, 0.15) is 0 Å². The summed E-state index contributed by atoms with van der Waals surface area (Å²) in [7, 11) is 4.70. The molecule has 4 aromatic rings. The Hall–Kier alpha value is -4.26. The Kier molecular flexibility index (Phi) is 7.90. The van der Waals surface area contributed by atoms with Gasteiger partial charge >= 0.3 is 0 Å². The number of carbonyl (C=O) groups excluding carboxylic acids is 1. The van der Waals surface area contributed by atoms with Gasteiger partial charge in [0.05, 0.1) is 32.7 Å². The average Bonchev–Trinajstić information content (AvgIpc) is 3.35. The molecule has 0 radical (unpaired) electrons. The molecule has 0 saturated heterocycles. The van der Waals surface area contributed by atoms with Crippen molar-refractivity contribution in [2.24, 2.45) is 0 Å². The van der Waals surface area contributed by atoms with E-state index in [4.69, 9.17) is 19.3 Å². The number of hydrogen-bond acceptors (Lipinski definition) is 5. The van der Waals surface area contributed by atoms with E-state index in [2.05, 4.69) is 36.5 Å². The molecule has 0 fully saturated rings. The molecule has 0 unspecified atom stereocenters. The fourth-order valence-electron chi connectivity index (χ4n) is 4.03. The number of methoxy groups -OCH3 is 3. The van der Waals surface area contributed by atoms with Crippen molar-refractivity contribution in [2.75, 3.05) is 21.3 Å². The molecule has 0 spiro atoms. The maximum absolute atomic E-state index is 12.8. The van der Waals surface area contributed by atoms with E-state index < -0.39 is 0 Å². The van der Waals surface area contributed by atoms with Gasteiger partial charge in [0, 0.05) is 24.7 Å². The van der Waals surface area contributed by atoms with Crippen LogP contribution in [0.3, 0.4) is 0 Å². The smallest absolute Gasteiger partial charge is 0.220 e. The molecule has 7 heteroatoms. The van der Waals surface area contributed by atoms with Crippen molar-refractivity contribution in [2.45, 2.75) is 26.3 Å². The minimum Gasteiger partial charge on any atom is -0.493 e. The first kappa shape index (κ1) is 24.9. The summed E-state index contributed by atoms with van der Waals surface area (Å²) in [5.74, 6) is 1.58. The summed E-state index contributed by atoms with van der Waals surface area (Å²) in [5, 5.41) is 7.85. The zero-order valence-corrected chi connectivity index (χ0v) is 21.1. The monoisotopic (exact) mass is 485 g/mol. The van der Waals surface area contributed by atoms with Crippen LogP contribution in [-0.4, -0.2) is 37.0 Å².